The minimum Gasteiger partial charge on any atom is -0.365 e. The van der Waals surface area contributed by atoms with Gasteiger partial charge in [-0.3, -0.25) is 9.11 Å². The smallest absolute Gasteiger partial charge is 0.291 e. The standard InChI is InChI=1S/C20H24F2N6S2.CH3F/c1-12-10-23-7-8-27(12)16-9-13(30-26-20(2)5-6-20)11-28-14(16)3-4-15(28)18-24-25-19(29-18)17(21)22;1-2/h3-4,9,11-12,17,23,26H,5-8,10H2,1-2H3;1H3. The van der Waals surface area contributed by atoms with Gasteiger partial charge in [0, 0.05) is 42.3 Å². The Labute approximate surface area is 193 Å². The molecule has 1 saturated carbocycles. The first kappa shape index (κ1) is 23.3. The highest BCUT2D eigenvalue weighted by Crippen LogP contribution is 2.40. The molecule has 2 N–H and O–H groups in total. The minimum absolute atomic E-state index is 0.201. The van der Waals surface area contributed by atoms with E-state index in [1.54, 1.807) is 11.9 Å². The summed E-state index contributed by atoms with van der Waals surface area (Å²) in [4.78, 5) is 3.51. The van der Waals surface area contributed by atoms with Gasteiger partial charge in [-0.05, 0) is 56.8 Å². The van der Waals surface area contributed by atoms with Crippen LogP contribution in [-0.2, 0) is 0 Å². The molecule has 4 heterocycles. The molecule has 1 aliphatic heterocycles. The Morgan fingerprint density at radius 3 is 2.72 bits per heavy atom. The number of halogens is 3. The lowest BCUT2D eigenvalue weighted by Crippen LogP contribution is -2.50. The van der Waals surface area contributed by atoms with Crippen LogP contribution < -0.4 is 14.9 Å². The molecule has 0 spiro atoms. The first-order chi connectivity index (χ1) is 15.4. The average molecular weight is 485 g/mol. The molecule has 1 atom stereocenters. The molecule has 0 amide bonds. The predicted octanol–water partition coefficient (Wildman–Crippen LogP) is 4.93. The number of fused-ring (bicyclic) bond motifs is 1. The van der Waals surface area contributed by atoms with E-state index in [-0.39, 0.29) is 10.5 Å². The van der Waals surface area contributed by atoms with Gasteiger partial charge < -0.3 is 14.6 Å². The molecular weight excluding hydrogens is 457 g/mol. The van der Waals surface area contributed by atoms with E-state index in [2.05, 4.69) is 55.6 Å². The van der Waals surface area contributed by atoms with Crippen LogP contribution in [0.3, 0.4) is 0 Å². The van der Waals surface area contributed by atoms with E-state index in [4.69, 9.17) is 0 Å². The van der Waals surface area contributed by atoms with Gasteiger partial charge in [0.1, 0.15) is 0 Å². The SMILES string of the molecule is CC1CNCCN1c1cc(SNC2(C)CC2)cn2c(-c3nnc(C(F)F)s3)ccc12.CF. The lowest BCUT2D eigenvalue weighted by Gasteiger charge is -2.36. The molecule has 32 heavy (non-hydrogen) atoms. The lowest BCUT2D eigenvalue weighted by molar-refractivity contribution is 0.150. The van der Waals surface area contributed by atoms with Crippen LogP contribution in [0.5, 0.6) is 0 Å². The van der Waals surface area contributed by atoms with Gasteiger partial charge in [-0.15, -0.1) is 10.2 Å². The van der Waals surface area contributed by atoms with Crippen molar-refractivity contribution in [3.8, 4) is 10.7 Å². The maximum atomic E-state index is 13.0. The predicted molar refractivity (Wildman–Crippen MR) is 125 cm³/mol. The first-order valence-corrected chi connectivity index (χ1v) is 12.1. The second kappa shape index (κ2) is 9.58. The highest BCUT2D eigenvalue weighted by atomic mass is 32.2. The molecule has 5 rings (SSSR count). The zero-order chi connectivity index (χ0) is 22.9. The number of alkyl halides is 3. The van der Waals surface area contributed by atoms with E-state index < -0.39 is 6.43 Å². The molecule has 0 aromatic carbocycles. The molecule has 0 bridgehead atoms. The van der Waals surface area contributed by atoms with Crippen LogP contribution in [0, 0.1) is 0 Å². The Hall–Kier alpha value is -1.82. The number of rotatable bonds is 6. The van der Waals surface area contributed by atoms with Crippen molar-refractivity contribution in [2.45, 2.75) is 49.6 Å². The van der Waals surface area contributed by atoms with Gasteiger partial charge in [0.2, 0.25) is 0 Å². The topological polar surface area (TPSA) is 57.5 Å². The number of piperazine rings is 1. The summed E-state index contributed by atoms with van der Waals surface area (Å²) >= 11 is 2.59. The molecule has 11 heteroatoms. The molecule has 2 fully saturated rings. The van der Waals surface area contributed by atoms with Crippen LogP contribution in [0.2, 0.25) is 0 Å². The van der Waals surface area contributed by atoms with E-state index in [1.165, 1.54) is 12.8 Å². The monoisotopic (exact) mass is 484 g/mol. The van der Waals surface area contributed by atoms with E-state index in [0.717, 1.165) is 52.8 Å². The highest BCUT2D eigenvalue weighted by molar-refractivity contribution is 7.97. The summed E-state index contributed by atoms with van der Waals surface area (Å²) in [6, 6.07) is 6.59. The molecule has 3 aromatic heterocycles. The fourth-order valence-corrected chi connectivity index (χ4v) is 5.34. The summed E-state index contributed by atoms with van der Waals surface area (Å²) < 4.78 is 41.2. The van der Waals surface area contributed by atoms with Crippen LogP contribution in [-0.4, -0.2) is 53.0 Å². The summed E-state index contributed by atoms with van der Waals surface area (Å²) in [5, 5.41) is 11.4. The molecule has 3 aromatic rings. The number of anilines is 1. The summed E-state index contributed by atoms with van der Waals surface area (Å²) in [6.07, 6.45) is 1.82. The zero-order valence-corrected chi connectivity index (χ0v) is 19.9. The molecule has 174 valence electrons. The average Bonchev–Trinajstić information content (AvgIpc) is 3.18. The molecular formula is C21H27F3N6S2. The van der Waals surface area contributed by atoms with Gasteiger partial charge in [0.25, 0.3) is 6.43 Å². The third-order valence-corrected chi connectivity index (χ3v) is 7.80. The van der Waals surface area contributed by atoms with Gasteiger partial charge in [-0.1, -0.05) is 11.3 Å². The lowest BCUT2D eigenvalue weighted by atomic mass is 10.2. The second-order valence-electron chi connectivity index (χ2n) is 8.29. The van der Waals surface area contributed by atoms with Crippen molar-refractivity contribution in [3.05, 3.63) is 29.4 Å². The van der Waals surface area contributed by atoms with Crippen molar-refractivity contribution in [2.75, 3.05) is 31.7 Å². The second-order valence-corrected chi connectivity index (χ2v) is 10.2. The highest BCUT2D eigenvalue weighted by Gasteiger charge is 2.37. The minimum atomic E-state index is -2.60. The third-order valence-electron chi connectivity index (χ3n) is 5.79. The maximum absolute atomic E-state index is 13.0. The Kier molecular flexibility index (Phi) is 6.99. The van der Waals surface area contributed by atoms with Crippen molar-refractivity contribution in [3.63, 3.8) is 0 Å². The van der Waals surface area contributed by atoms with Gasteiger partial charge >= 0.3 is 0 Å². The number of aromatic nitrogens is 3. The van der Waals surface area contributed by atoms with Gasteiger partial charge in [0.05, 0.1) is 24.1 Å². The number of hydrogen-bond donors (Lipinski definition) is 2. The van der Waals surface area contributed by atoms with E-state index in [1.807, 2.05) is 12.1 Å². The summed E-state index contributed by atoms with van der Waals surface area (Å²) in [5.74, 6) is 0. The molecule has 6 nitrogen and oxygen atoms in total. The number of nitrogens with zero attached hydrogens (tertiary/aromatic N) is 4. The molecule has 1 aliphatic carbocycles. The quantitative estimate of drug-likeness (QED) is 0.484. The van der Waals surface area contributed by atoms with Gasteiger partial charge in [-0.25, -0.2) is 8.78 Å². The van der Waals surface area contributed by atoms with Gasteiger partial charge in [-0.2, -0.15) is 0 Å². The van der Waals surface area contributed by atoms with Crippen LogP contribution in [0.1, 0.15) is 38.1 Å². The number of pyridine rings is 1. The van der Waals surface area contributed by atoms with Crippen LogP contribution in [0.4, 0.5) is 18.9 Å². The summed E-state index contributed by atoms with van der Waals surface area (Å²) in [7, 11) is 0.500. The normalized spacial score (nSPS) is 19.8. The number of nitrogens with one attached hydrogen (secondary N) is 2. The van der Waals surface area contributed by atoms with Crippen molar-refractivity contribution in [2.24, 2.45) is 0 Å². The fourth-order valence-electron chi connectivity index (χ4n) is 3.73. The molecule has 0 radical (unpaired) electrons. The molecule has 1 unspecified atom stereocenters. The Morgan fingerprint density at radius 2 is 2.06 bits per heavy atom. The van der Waals surface area contributed by atoms with Crippen molar-refractivity contribution in [1.29, 1.82) is 0 Å². The summed E-state index contributed by atoms with van der Waals surface area (Å²) in [5.41, 5.74) is 3.20. The number of hydrogen-bond acceptors (Lipinski definition) is 7. The Balaban J connectivity index is 0.00000119. The first-order valence-electron chi connectivity index (χ1n) is 10.5. The third kappa shape index (κ3) is 4.75. The Bertz CT molecular complexity index is 1070. The summed E-state index contributed by atoms with van der Waals surface area (Å²) in [6.45, 7) is 7.24. The van der Waals surface area contributed by atoms with E-state index in [9.17, 15) is 13.2 Å². The largest absolute Gasteiger partial charge is 0.365 e. The Morgan fingerprint density at radius 1 is 1.28 bits per heavy atom. The van der Waals surface area contributed by atoms with Crippen molar-refractivity contribution < 1.29 is 13.2 Å². The fraction of sp³-hybridized carbons (Fsp3) is 0.524. The van der Waals surface area contributed by atoms with Crippen molar-refractivity contribution >= 4 is 34.5 Å². The maximum Gasteiger partial charge on any atom is 0.291 e. The zero-order valence-electron chi connectivity index (χ0n) is 18.2. The van der Waals surface area contributed by atoms with E-state index >= 15 is 0 Å². The molecule has 2 aliphatic rings. The van der Waals surface area contributed by atoms with Crippen molar-refractivity contribution in [1.82, 2.24) is 24.6 Å². The van der Waals surface area contributed by atoms with Crippen LogP contribution in [0.25, 0.3) is 16.2 Å². The van der Waals surface area contributed by atoms with Gasteiger partial charge in [0.15, 0.2) is 10.0 Å². The van der Waals surface area contributed by atoms with Crippen LogP contribution >= 0.6 is 23.3 Å². The molecule has 1 saturated heterocycles. The van der Waals surface area contributed by atoms with E-state index in [0.29, 0.717) is 18.2 Å². The van der Waals surface area contributed by atoms with Crippen LogP contribution in [0.15, 0.2) is 29.3 Å².